The number of likely N-dealkylation sites (N-methyl/N-ethyl adjacent to an activating group) is 1. The van der Waals surface area contributed by atoms with E-state index in [1.54, 1.807) is 24.0 Å². The molecule has 0 spiro atoms. The molecule has 0 saturated heterocycles. The fourth-order valence-corrected chi connectivity index (χ4v) is 4.07. The number of aliphatic hydroxyl groups is 1. The zero-order valence-corrected chi connectivity index (χ0v) is 20.7. The number of halogens is 3. The number of aromatic nitrogens is 5. The van der Waals surface area contributed by atoms with Crippen LogP contribution in [0.4, 0.5) is 24.7 Å². The fourth-order valence-electron chi connectivity index (χ4n) is 4.07. The van der Waals surface area contributed by atoms with E-state index in [2.05, 4.69) is 25.4 Å². The number of rotatable bonds is 6. The Morgan fingerprint density at radius 2 is 1.86 bits per heavy atom. The van der Waals surface area contributed by atoms with Gasteiger partial charge in [-0.05, 0) is 51.3 Å². The van der Waals surface area contributed by atoms with Crippen LogP contribution in [0.25, 0.3) is 0 Å². The first kappa shape index (κ1) is 25.5. The molecular formula is C24H28F3N7O2. The van der Waals surface area contributed by atoms with Gasteiger partial charge in [0.1, 0.15) is 28.8 Å². The molecule has 1 aliphatic heterocycles. The van der Waals surface area contributed by atoms with E-state index >= 15 is 0 Å². The Bertz CT molecular complexity index is 1300. The van der Waals surface area contributed by atoms with Crippen LogP contribution in [0, 0.1) is 6.92 Å². The molecule has 1 amide bonds. The number of hydrogen-bond acceptors (Lipinski definition) is 7. The summed E-state index contributed by atoms with van der Waals surface area (Å²) < 4.78 is 41.0. The van der Waals surface area contributed by atoms with Crippen LogP contribution in [0.2, 0.25) is 0 Å². The molecule has 1 atom stereocenters. The third-order valence-electron chi connectivity index (χ3n) is 6.16. The van der Waals surface area contributed by atoms with Crippen LogP contribution >= 0.6 is 0 Å². The third-order valence-corrected chi connectivity index (χ3v) is 6.16. The van der Waals surface area contributed by atoms with E-state index in [4.69, 9.17) is 0 Å². The van der Waals surface area contributed by atoms with Crippen molar-refractivity contribution < 1.29 is 23.1 Å². The monoisotopic (exact) mass is 503 g/mol. The Balaban J connectivity index is 1.50. The van der Waals surface area contributed by atoms with E-state index in [0.29, 0.717) is 41.4 Å². The lowest BCUT2D eigenvalue weighted by molar-refractivity contribution is -0.141. The number of alkyl halides is 3. The quantitative estimate of drug-likeness (QED) is 0.532. The van der Waals surface area contributed by atoms with Gasteiger partial charge in [-0.1, -0.05) is 6.07 Å². The second-order valence-electron chi connectivity index (χ2n) is 9.51. The molecular weight excluding hydrogens is 475 g/mol. The van der Waals surface area contributed by atoms with Crippen molar-refractivity contribution >= 4 is 17.4 Å². The number of hydrogen-bond donors (Lipinski definition) is 2. The number of nitrogens with zero attached hydrogens (tertiary/aromatic N) is 6. The largest absolute Gasteiger partial charge is 0.433 e. The summed E-state index contributed by atoms with van der Waals surface area (Å²) in [7, 11) is 1.82. The molecule has 0 aromatic carbocycles. The Morgan fingerprint density at radius 3 is 2.53 bits per heavy atom. The first-order valence-corrected chi connectivity index (χ1v) is 11.5. The predicted molar refractivity (Wildman–Crippen MR) is 126 cm³/mol. The molecule has 0 radical (unpaired) electrons. The number of amides is 1. The van der Waals surface area contributed by atoms with Crippen molar-refractivity contribution in [3.05, 3.63) is 58.6 Å². The second-order valence-corrected chi connectivity index (χ2v) is 9.51. The SMILES string of the molecule is Cc1nc(CCc2cnn(Cc3ccc(C(F)(F)F)nc3C(C)(C)O)c2)nc2c1NC(=O)[C@H](C)N2C. The van der Waals surface area contributed by atoms with Crippen molar-refractivity contribution in [3.8, 4) is 0 Å². The number of nitrogens with one attached hydrogen (secondary N) is 1. The van der Waals surface area contributed by atoms with E-state index in [9.17, 15) is 23.1 Å². The van der Waals surface area contributed by atoms with Crippen molar-refractivity contribution in [3.63, 3.8) is 0 Å². The van der Waals surface area contributed by atoms with Gasteiger partial charge in [0, 0.05) is 19.7 Å². The first-order chi connectivity index (χ1) is 16.7. The van der Waals surface area contributed by atoms with Gasteiger partial charge in [-0.2, -0.15) is 18.3 Å². The molecule has 0 aliphatic carbocycles. The van der Waals surface area contributed by atoms with Crippen molar-refractivity contribution in [1.82, 2.24) is 24.7 Å². The molecule has 9 nitrogen and oxygen atoms in total. The zero-order chi connectivity index (χ0) is 26.4. The van der Waals surface area contributed by atoms with Crippen LogP contribution in [0.1, 0.15) is 54.8 Å². The van der Waals surface area contributed by atoms with Gasteiger partial charge in [-0.15, -0.1) is 0 Å². The van der Waals surface area contributed by atoms with Gasteiger partial charge >= 0.3 is 6.18 Å². The van der Waals surface area contributed by atoms with Crippen LogP contribution in [-0.2, 0) is 36.0 Å². The summed E-state index contributed by atoms with van der Waals surface area (Å²) in [5, 5.41) is 17.6. The summed E-state index contributed by atoms with van der Waals surface area (Å²) in [6, 6.07) is 1.89. The minimum atomic E-state index is -4.60. The van der Waals surface area contributed by atoms with Crippen LogP contribution in [0.15, 0.2) is 24.5 Å². The number of anilines is 2. The molecule has 2 N–H and O–H groups in total. The highest BCUT2D eigenvalue weighted by molar-refractivity contribution is 6.02. The lowest BCUT2D eigenvalue weighted by atomic mass is 9.98. The third kappa shape index (κ3) is 5.18. The van der Waals surface area contributed by atoms with Gasteiger partial charge in [0.25, 0.3) is 0 Å². The zero-order valence-electron chi connectivity index (χ0n) is 20.7. The van der Waals surface area contributed by atoms with E-state index in [-0.39, 0.29) is 24.2 Å². The first-order valence-electron chi connectivity index (χ1n) is 11.5. The normalized spacial score (nSPS) is 16.2. The average molecular weight is 504 g/mol. The highest BCUT2D eigenvalue weighted by Gasteiger charge is 2.35. The van der Waals surface area contributed by atoms with Gasteiger partial charge in [0.15, 0.2) is 5.82 Å². The van der Waals surface area contributed by atoms with Crippen LogP contribution < -0.4 is 10.2 Å². The van der Waals surface area contributed by atoms with Gasteiger partial charge in [0.05, 0.1) is 24.1 Å². The summed E-state index contributed by atoms with van der Waals surface area (Å²) >= 11 is 0. The standard InChI is InChI=1S/C24H28F3N7O2/c1-13-19-21(33(5)14(2)22(35)32-19)31-18(29-13)9-6-15-10-28-34(11-15)12-16-7-8-17(24(25,26)27)30-20(16)23(3,4)36/h7-8,10-11,14,36H,6,9,12H2,1-5H3,(H,32,35)/t14-/m0/s1. The maximum atomic E-state index is 13.1. The summed E-state index contributed by atoms with van der Waals surface area (Å²) in [6.45, 7) is 6.58. The molecule has 192 valence electrons. The Labute approximate surface area is 206 Å². The molecule has 0 bridgehead atoms. The molecule has 36 heavy (non-hydrogen) atoms. The van der Waals surface area contributed by atoms with E-state index in [1.165, 1.54) is 19.9 Å². The second kappa shape index (κ2) is 9.16. The lowest BCUT2D eigenvalue weighted by Gasteiger charge is -2.32. The number of fused-ring (bicyclic) bond motifs is 1. The highest BCUT2D eigenvalue weighted by Crippen LogP contribution is 2.32. The summed E-state index contributed by atoms with van der Waals surface area (Å²) in [6.07, 6.45) is -0.000377. The van der Waals surface area contributed by atoms with Gasteiger partial charge in [-0.25, -0.2) is 15.0 Å². The van der Waals surface area contributed by atoms with Crippen molar-refractivity contribution in [2.45, 2.75) is 64.9 Å². The van der Waals surface area contributed by atoms with Crippen molar-refractivity contribution in [1.29, 1.82) is 0 Å². The molecule has 4 rings (SSSR count). The molecule has 0 unspecified atom stereocenters. The molecule has 4 heterocycles. The Morgan fingerprint density at radius 1 is 1.14 bits per heavy atom. The van der Waals surface area contributed by atoms with E-state index < -0.39 is 17.5 Å². The van der Waals surface area contributed by atoms with Gasteiger partial charge in [0.2, 0.25) is 5.91 Å². The topological polar surface area (TPSA) is 109 Å². The molecule has 0 saturated carbocycles. The summed E-state index contributed by atoms with van der Waals surface area (Å²) in [4.78, 5) is 26.8. The van der Waals surface area contributed by atoms with E-state index in [1.807, 2.05) is 18.9 Å². The molecule has 3 aromatic heterocycles. The van der Waals surface area contributed by atoms with E-state index in [0.717, 1.165) is 11.6 Å². The van der Waals surface area contributed by atoms with Gasteiger partial charge in [-0.3, -0.25) is 9.48 Å². The van der Waals surface area contributed by atoms with Crippen LogP contribution in [0.5, 0.6) is 0 Å². The Hall–Kier alpha value is -3.54. The molecule has 0 fully saturated rings. The number of aryl methyl sites for hydroxylation is 3. The number of carbonyl (C=O) groups excluding carboxylic acids is 1. The number of pyridine rings is 1. The maximum Gasteiger partial charge on any atom is 0.433 e. The average Bonchev–Trinajstić information content (AvgIpc) is 3.23. The molecule has 3 aromatic rings. The van der Waals surface area contributed by atoms with Crippen LogP contribution in [0.3, 0.4) is 0 Å². The highest BCUT2D eigenvalue weighted by atomic mass is 19.4. The summed E-state index contributed by atoms with van der Waals surface area (Å²) in [5.41, 5.74) is -0.0104. The molecule has 1 aliphatic rings. The van der Waals surface area contributed by atoms with Gasteiger partial charge < -0.3 is 15.3 Å². The minimum absolute atomic E-state index is 0.0438. The lowest BCUT2D eigenvalue weighted by Crippen LogP contribution is -2.45. The Kier molecular flexibility index (Phi) is 6.50. The van der Waals surface area contributed by atoms with Crippen molar-refractivity contribution in [2.24, 2.45) is 0 Å². The number of carbonyl (C=O) groups is 1. The fraction of sp³-hybridized carbons (Fsp3) is 0.458. The minimum Gasteiger partial charge on any atom is -0.384 e. The predicted octanol–water partition coefficient (Wildman–Crippen LogP) is 3.23. The molecule has 12 heteroatoms. The maximum absolute atomic E-state index is 13.1. The van der Waals surface area contributed by atoms with Crippen molar-refractivity contribution in [2.75, 3.05) is 17.3 Å². The summed E-state index contributed by atoms with van der Waals surface area (Å²) in [5.74, 6) is 1.20. The van der Waals surface area contributed by atoms with Crippen LogP contribution in [-0.4, -0.2) is 48.8 Å². The smallest absolute Gasteiger partial charge is 0.384 e.